The summed E-state index contributed by atoms with van der Waals surface area (Å²) in [4.78, 5) is 0. The van der Waals surface area contributed by atoms with E-state index in [2.05, 4.69) is 54.6 Å². The second-order valence-electron chi connectivity index (χ2n) is 11.6. The average Bonchev–Trinajstić information content (AvgIpc) is 3.94. The molecule has 3 saturated heterocycles. The quantitative estimate of drug-likeness (QED) is 0.116. The molecule has 9 rings (SSSR count). The molecule has 0 spiro atoms. The predicted molar refractivity (Wildman–Crippen MR) is 168 cm³/mol. The number of furan rings is 1. The third kappa shape index (κ3) is 4.83. The van der Waals surface area contributed by atoms with Crippen molar-refractivity contribution in [3.05, 3.63) is 91.0 Å². The highest BCUT2D eigenvalue weighted by Crippen LogP contribution is 2.50. The average molecular weight is 587 g/mol. The van der Waals surface area contributed by atoms with Crippen LogP contribution in [0.3, 0.4) is 0 Å². The van der Waals surface area contributed by atoms with E-state index in [0.717, 1.165) is 92.0 Å². The number of fused-ring (bicyclic) bond motifs is 6. The number of ether oxygens (including phenoxy) is 6. The molecule has 0 bridgehead atoms. The standard InChI is InChI=1S/C37H30O7/c1-2-7-28-27(6-1)33-30(9-5-11-32(33)43-21-26-19-41-26)35-34(29-8-3-4-10-31(29)42-20-25-18-40-25)36(44-37(28)35)22-12-14-23(15-13-22)38-16-24-17-39-24/h1-15,24-26H,16-21H2. The van der Waals surface area contributed by atoms with E-state index in [1.807, 2.05) is 36.4 Å². The van der Waals surface area contributed by atoms with Gasteiger partial charge in [0.05, 0.1) is 19.8 Å². The Balaban J connectivity index is 1.29. The Morgan fingerprint density at radius 3 is 1.86 bits per heavy atom. The molecule has 3 aliphatic rings. The van der Waals surface area contributed by atoms with Gasteiger partial charge in [0.15, 0.2) is 0 Å². The zero-order chi connectivity index (χ0) is 29.0. The number of hydrogen-bond donors (Lipinski definition) is 0. The molecule has 1 aromatic heterocycles. The van der Waals surface area contributed by atoms with Crippen molar-refractivity contribution in [2.24, 2.45) is 0 Å². The summed E-state index contributed by atoms with van der Waals surface area (Å²) in [5.41, 5.74) is 3.71. The van der Waals surface area contributed by atoms with Gasteiger partial charge in [0.1, 0.15) is 66.7 Å². The van der Waals surface area contributed by atoms with Crippen LogP contribution in [0, 0.1) is 0 Å². The van der Waals surface area contributed by atoms with Gasteiger partial charge in [-0.3, -0.25) is 0 Å². The highest BCUT2D eigenvalue weighted by atomic mass is 16.6. The molecule has 3 fully saturated rings. The van der Waals surface area contributed by atoms with E-state index < -0.39 is 0 Å². The first-order valence-electron chi connectivity index (χ1n) is 15.1. The molecule has 3 unspecified atom stereocenters. The lowest BCUT2D eigenvalue weighted by Gasteiger charge is -2.14. The molecule has 6 aromatic rings. The van der Waals surface area contributed by atoms with Gasteiger partial charge in [-0.25, -0.2) is 0 Å². The van der Waals surface area contributed by atoms with Crippen LogP contribution in [0.5, 0.6) is 17.2 Å². The molecule has 0 amide bonds. The highest BCUT2D eigenvalue weighted by molar-refractivity contribution is 6.29. The zero-order valence-electron chi connectivity index (χ0n) is 24.0. The van der Waals surface area contributed by atoms with E-state index in [1.165, 1.54) is 0 Å². The summed E-state index contributed by atoms with van der Waals surface area (Å²) < 4.78 is 41.8. The van der Waals surface area contributed by atoms with Crippen molar-refractivity contribution in [3.8, 4) is 39.7 Å². The third-order valence-electron chi connectivity index (χ3n) is 8.41. The second-order valence-corrected chi connectivity index (χ2v) is 11.6. The first-order valence-corrected chi connectivity index (χ1v) is 15.1. The van der Waals surface area contributed by atoms with Crippen LogP contribution in [0.2, 0.25) is 0 Å². The zero-order valence-corrected chi connectivity index (χ0v) is 24.0. The molecular formula is C37H30O7. The summed E-state index contributed by atoms with van der Waals surface area (Å²) in [7, 11) is 0. The van der Waals surface area contributed by atoms with E-state index in [-0.39, 0.29) is 18.3 Å². The Labute approximate surface area is 253 Å². The van der Waals surface area contributed by atoms with Crippen molar-refractivity contribution in [1.82, 2.24) is 0 Å². The van der Waals surface area contributed by atoms with Crippen LogP contribution in [0.4, 0.5) is 0 Å². The molecule has 7 nitrogen and oxygen atoms in total. The highest BCUT2D eigenvalue weighted by Gasteiger charge is 2.29. The van der Waals surface area contributed by atoms with Crippen LogP contribution in [0.1, 0.15) is 0 Å². The minimum atomic E-state index is 0.136. The Morgan fingerprint density at radius 1 is 0.545 bits per heavy atom. The SMILES string of the molecule is c1ccc(-c2c(-c3ccc(OCC4CO4)cc3)oc3c4ccccc4c4c(OCC5CO5)cccc4c23)c(OCC2CO2)c1. The summed E-state index contributed by atoms with van der Waals surface area (Å²) in [5, 5.41) is 5.24. The Hall–Kier alpha value is -4.56. The largest absolute Gasteiger partial charge is 0.491 e. The van der Waals surface area contributed by atoms with E-state index in [0.29, 0.717) is 19.8 Å². The lowest BCUT2D eigenvalue weighted by Crippen LogP contribution is -2.05. The van der Waals surface area contributed by atoms with Gasteiger partial charge in [0, 0.05) is 32.8 Å². The minimum absolute atomic E-state index is 0.136. The van der Waals surface area contributed by atoms with Crippen molar-refractivity contribution in [1.29, 1.82) is 0 Å². The molecule has 3 aliphatic heterocycles. The molecular weight excluding hydrogens is 556 g/mol. The molecule has 220 valence electrons. The van der Waals surface area contributed by atoms with Gasteiger partial charge in [-0.15, -0.1) is 0 Å². The van der Waals surface area contributed by atoms with Gasteiger partial charge in [0.2, 0.25) is 0 Å². The molecule has 4 heterocycles. The topological polar surface area (TPSA) is 78.4 Å². The van der Waals surface area contributed by atoms with Crippen LogP contribution < -0.4 is 14.2 Å². The maximum absolute atomic E-state index is 6.95. The Morgan fingerprint density at radius 2 is 1.14 bits per heavy atom. The van der Waals surface area contributed by atoms with Crippen molar-refractivity contribution >= 4 is 32.5 Å². The molecule has 7 heteroatoms. The van der Waals surface area contributed by atoms with Crippen molar-refractivity contribution in [3.63, 3.8) is 0 Å². The van der Waals surface area contributed by atoms with E-state index in [1.54, 1.807) is 0 Å². The summed E-state index contributed by atoms with van der Waals surface area (Å²) in [5.74, 6) is 3.19. The second kappa shape index (κ2) is 10.6. The van der Waals surface area contributed by atoms with Crippen LogP contribution in [0.15, 0.2) is 95.4 Å². The summed E-state index contributed by atoms with van der Waals surface area (Å²) >= 11 is 0. The van der Waals surface area contributed by atoms with Crippen molar-refractivity contribution in [2.75, 3.05) is 39.6 Å². The Kier molecular flexibility index (Phi) is 6.21. The smallest absolute Gasteiger partial charge is 0.143 e. The number of para-hydroxylation sites is 1. The lowest BCUT2D eigenvalue weighted by atomic mass is 9.91. The van der Waals surface area contributed by atoms with Crippen LogP contribution in [-0.2, 0) is 14.2 Å². The van der Waals surface area contributed by atoms with Crippen LogP contribution in [-0.4, -0.2) is 58.0 Å². The predicted octanol–water partition coefficient (Wildman–Crippen LogP) is 7.41. The molecule has 0 aliphatic carbocycles. The fraction of sp³-hybridized carbons (Fsp3) is 0.243. The third-order valence-corrected chi connectivity index (χ3v) is 8.41. The molecule has 0 saturated carbocycles. The first kappa shape index (κ1) is 25.9. The van der Waals surface area contributed by atoms with E-state index in [4.69, 9.17) is 32.8 Å². The lowest BCUT2D eigenvalue weighted by molar-refractivity contribution is 0.263. The molecule has 0 N–H and O–H groups in total. The number of epoxide rings is 3. The fourth-order valence-corrected chi connectivity index (χ4v) is 5.92. The van der Waals surface area contributed by atoms with Gasteiger partial charge in [-0.2, -0.15) is 0 Å². The maximum Gasteiger partial charge on any atom is 0.143 e. The Bertz CT molecular complexity index is 2000. The van der Waals surface area contributed by atoms with Gasteiger partial charge in [-0.1, -0.05) is 54.6 Å². The number of rotatable bonds is 11. The van der Waals surface area contributed by atoms with Crippen molar-refractivity contribution < 1.29 is 32.8 Å². The van der Waals surface area contributed by atoms with E-state index in [9.17, 15) is 0 Å². The number of benzene rings is 5. The van der Waals surface area contributed by atoms with E-state index >= 15 is 0 Å². The molecule has 3 atom stereocenters. The summed E-state index contributed by atoms with van der Waals surface area (Å²) in [6.07, 6.45) is 0.484. The van der Waals surface area contributed by atoms with Gasteiger partial charge < -0.3 is 32.8 Å². The monoisotopic (exact) mass is 586 g/mol. The van der Waals surface area contributed by atoms with Gasteiger partial charge in [0.25, 0.3) is 0 Å². The maximum atomic E-state index is 6.95. The molecule has 44 heavy (non-hydrogen) atoms. The van der Waals surface area contributed by atoms with Gasteiger partial charge >= 0.3 is 0 Å². The summed E-state index contributed by atoms with van der Waals surface area (Å²) in [6, 6.07) is 30.9. The van der Waals surface area contributed by atoms with Crippen molar-refractivity contribution in [2.45, 2.75) is 18.3 Å². The van der Waals surface area contributed by atoms with Crippen LogP contribution in [0.25, 0.3) is 55.0 Å². The van der Waals surface area contributed by atoms with Crippen LogP contribution >= 0.6 is 0 Å². The number of hydrogen-bond acceptors (Lipinski definition) is 7. The summed E-state index contributed by atoms with van der Waals surface area (Å²) in [6.45, 7) is 3.82. The van der Waals surface area contributed by atoms with Gasteiger partial charge in [-0.05, 0) is 47.2 Å². The normalized spacial score (nSPS) is 20.2. The minimum Gasteiger partial charge on any atom is -0.491 e. The fourth-order valence-electron chi connectivity index (χ4n) is 5.92. The molecule has 0 radical (unpaired) electrons. The first-order chi connectivity index (χ1) is 21.8. The molecule has 5 aromatic carbocycles.